The molecular formula is C25H22F3N3O. The average molecular weight is 437 g/mol. The summed E-state index contributed by atoms with van der Waals surface area (Å²) < 4.78 is 40.8. The Morgan fingerprint density at radius 3 is 2.41 bits per heavy atom. The van der Waals surface area contributed by atoms with Crippen molar-refractivity contribution in [1.82, 2.24) is 4.57 Å². The van der Waals surface area contributed by atoms with Crippen LogP contribution in [0.3, 0.4) is 0 Å². The van der Waals surface area contributed by atoms with Crippen molar-refractivity contribution in [3.05, 3.63) is 87.7 Å². The molecular weight excluding hydrogens is 415 g/mol. The number of aromatic nitrogens is 1. The Morgan fingerprint density at radius 1 is 1.06 bits per heavy atom. The normalized spacial score (nSPS) is 11.9. The second-order valence-corrected chi connectivity index (χ2v) is 7.58. The fourth-order valence-electron chi connectivity index (χ4n) is 3.56. The topological polar surface area (TPSA) is 57.8 Å². The van der Waals surface area contributed by atoms with Crippen molar-refractivity contribution in [2.45, 2.75) is 33.9 Å². The summed E-state index contributed by atoms with van der Waals surface area (Å²) in [5, 5.41) is 11.9. The SMILES string of the molecule is Cc1cccc(-n2c(C)cc(/C=C(/C#N)C(=O)Nc3cccc(C(F)(F)F)c3)c2C)c1C. The van der Waals surface area contributed by atoms with Crippen LogP contribution in [0, 0.1) is 39.0 Å². The van der Waals surface area contributed by atoms with Crippen LogP contribution >= 0.6 is 0 Å². The number of hydrogen-bond acceptors (Lipinski definition) is 2. The lowest BCUT2D eigenvalue weighted by Crippen LogP contribution is -2.14. The summed E-state index contributed by atoms with van der Waals surface area (Å²) in [7, 11) is 0. The Labute approximate surface area is 184 Å². The zero-order chi connectivity index (χ0) is 23.6. The number of nitriles is 1. The van der Waals surface area contributed by atoms with Gasteiger partial charge in [-0.05, 0) is 80.8 Å². The molecule has 1 amide bonds. The second-order valence-electron chi connectivity index (χ2n) is 7.58. The molecule has 4 nitrogen and oxygen atoms in total. The summed E-state index contributed by atoms with van der Waals surface area (Å²) in [6.45, 7) is 7.88. The largest absolute Gasteiger partial charge is 0.416 e. The van der Waals surface area contributed by atoms with Gasteiger partial charge in [0.05, 0.1) is 5.56 Å². The minimum atomic E-state index is -4.53. The lowest BCUT2D eigenvalue weighted by molar-refractivity contribution is -0.137. The fraction of sp³-hybridized carbons (Fsp3) is 0.200. The van der Waals surface area contributed by atoms with Crippen LogP contribution in [0.15, 0.2) is 54.1 Å². The van der Waals surface area contributed by atoms with Gasteiger partial charge in [0.1, 0.15) is 11.6 Å². The van der Waals surface area contributed by atoms with Crippen LogP contribution in [-0.2, 0) is 11.0 Å². The molecule has 0 aliphatic rings. The van der Waals surface area contributed by atoms with Crippen LogP contribution in [0.4, 0.5) is 18.9 Å². The summed E-state index contributed by atoms with van der Waals surface area (Å²) in [6, 6.07) is 14.0. The van der Waals surface area contributed by atoms with Crippen molar-refractivity contribution in [3.63, 3.8) is 0 Å². The minimum Gasteiger partial charge on any atom is -0.321 e. The molecule has 0 aliphatic carbocycles. The zero-order valence-corrected chi connectivity index (χ0v) is 18.1. The molecule has 1 aromatic heterocycles. The maximum absolute atomic E-state index is 12.9. The second kappa shape index (κ2) is 8.75. The van der Waals surface area contributed by atoms with Gasteiger partial charge in [0.15, 0.2) is 0 Å². The predicted octanol–water partition coefficient (Wildman–Crippen LogP) is 6.28. The van der Waals surface area contributed by atoms with Gasteiger partial charge in [-0.1, -0.05) is 18.2 Å². The van der Waals surface area contributed by atoms with Crippen molar-refractivity contribution in [3.8, 4) is 11.8 Å². The number of amides is 1. The van der Waals surface area contributed by atoms with Crippen LogP contribution < -0.4 is 5.32 Å². The van der Waals surface area contributed by atoms with E-state index in [0.717, 1.165) is 40.3 Å². The van der Waals surface area contributed by atoms with Gasteiger partial charge in [-0.25, -0.2) is 0 Å². The fourth-order valence-corrected chi connectivity index (χ4v) is 3.56. The molecule has 1 heterocycles. The maximum Gasteiger partial charge on any atom is 0.416 e. The molecule has 0 unspecified atom stereocenters. The average Bonchev–Trinajstić information content (AvgIpc) is 3.00. The first-order valence-electron chi connectivity index (χ1n) is 9.89. The van der Waals surface area contributed by atoms with Gasteiger partial charge < -0.3 is 9.88 Å². The van der Waals surface area contributed by atoms with E-state index in [1.165, 1.54) is 18.2 Å². The highest BCUT2D eigenvalue weighted by Crippen LogP contribution is 2.31. The molecule has 2 aromatic carbocycles. The number of benzene rings is 2. The van der Waals surface area contributed by atoms with E-state index in [0.29, 0.717) is 5.56 Å². The summed E-state index contributed by atoms with van der Waals surface area (Å²) in [4.78, 5) is 12.6. The number of rotatable bonds is 4. The first-order valence-corrected chi connectivity index (χ1v) is 9.89. The summed E-state index contributed by atoms with van der Waals surface area (Å²) in [5.41, 5.74) is 4.60. The molecule has 0 bridgehead atoms. The highest BCUT2D eigenvalue weighted by Gasteiger charge is 2.30. The Kier molecular flexibility index (Phi) is 6.26. The quantitative estimate of drug-likeness (QED) is 0.386. The highest BCUT2D eigenvalue weighted by molar-refractivity contribution is 6.09. The van der Waals surface area contributed by atoms with E-state index < -0.39 is 17.6 Å². The number of anilines is 1. The number of carbonyl (C=O) groups is 1. The van der Waals surface area contributed by atoms with Gasteiger partial charge in [-0.3, -0.25) is 4.79 Å². The standard InChI is InChI=1S/C25H22F3N3O/c1-15-7-5-10-23(17(15)3)31-16(2)11-19(18(31)4)12-20(14-29)24(32)30-22-9-6-8-21(13-22)25(26,27)28/h5-13H,1-4H3,(H,30,32)/b20-12-. The number of carbonyl (C=O) groups excluding carboxylic acids is 1. The molecule has 0 fully saturated rings. The lowest BCUT2D eigenvalue weighted by Gasteiger charge is -2.14. The zero-order valence-electron chi connectivity index (χ0n) is 18.1. The summed E-state index contributed by atoms with van der Waals surface area (Å²) in [5.74, 6) is -0.775. The van der Waals surface area contributed by atoms with Crippen molar-refractivity contribution in [2.75, 3.05) is 5.32 Å². The Morgan fingerprint density at radius 2 is 1.75 bits per heavy atom. The molecule has 7 heteroatoms. The molecule has 32 heavy (non-hydrogen) atoms. The molecule has 3 rings (SSSR count). The van der Waals surface area contributed by atoms with Gasteiger partial charge in [-0.2, -0.15) is 18.4 Å². The first-order chi connectivity index (χ1) is 15.0. The molecule has 0 atom stereocenters. The van der Waals surface area contributed by atoms with E-state index in [4.69, 9.17) is 0 Å². The van der Waals surface area contributed by atoms with Gasteiger partial charge in [0.25, 0.3) is 5.91 Å². The van der Waals surface area contributed by atoms with Gasteiger partial charge in [0, 0.05) is 22.8 Å². The molecule has 3 aromatic rings. The number of aryl methyl sites for hydroxylation is 2. The van der Waals surface area contributed by atoms with E-state index in [1.807, 2.05) is 62.6 Å². The van der Waals surface area contributed by atoms with Crippen LogP contribution in [0.1, 0.15) is 33.6 Å². The predicted molar refractivity (Wildman–Crippen MR) is 118 cm³/mol. The number of alkyl halides is 3. The Balaban J connectivity index is 1.95. The molecule has 0 radical (unpaired) electrons. The molecule has 0 saturated heterocycles. The van der Waals surface area contributed by atoms with Gasteiger partial charge in [0.2, 0.25) is 0 Å². The smallest absolute Gasteiger partial charge is 0.321 e. The molecule has 164 valence electrons. The Bertz CT molecular complexity index is 1260. The third-order valence-corrected chi connectivity index (χ3v) is 5.40. The molecule has 1 N–H and O–H groups in total. The van der Waals surface area contributed by atoms with Crippen LogP contribution in [-0.4, -0.2) is 10.5 Å². The summed E-state index contributed by atoms with van der Waals surface area (Å²) >= 11 is 0. The van der Waals surface area contributed by atoms with Crippen molar-refractivity contribution in [1.29, 1.82) is 5.26 Å². The van der Waals surface area contributed by atoms with Crippen LogP contribution in [0.5, 0.6) is 0 Å². The van der Waals surface area contributed by atoms with E-state index in [9.17, 15) is 23.2 Å². The number of hydrogen-bond donors (Lipinski definition) is 1. The van der Waals surface area contributed by atoms with Gasteiger partial charge in [-0.15, -0.1) is 0 Å². The molecule has 0 saturated carbocycles. The minimum absolute atomic E-state index is 0.0353. The maximum atomic E-state index is 12.9. The van der Waals surface area contributed by atoms with Crippen molar-refractivity contribution >= 4 is 17.7 Å². The van der Waals surface area contributed by atoms with E-state index in [1.54, 1.807) is 0 Å². The van der Waals surface area contributed by atoms with Crippen molar-refractivity contribution in [2.24, 2.45) is 0 Å². The van der Waals surface area contributed by atoms with E-state index in [2.05, 4.69) is 5.32 Å². The third-order valence-electron chi connectivity index (χ3n) is 5.40. The van der Waals surface area contributed by atoms with E-state index >= 15 is 0 Å². The van der Waals surface area contributed by atoms with Gasteiger partial charge >= 0.3 is 6.18 Å². The highest BCUT2D eigenvalue weighted by atomic mass is 19.4. The summed E-state index contributed by atoms with van der Waals surface area (Å²) in [6.07, 6.45) is -3.08. The number of nitrogens with zero attached hydrogens (tertiary/aromatic N) is 2. The Hall–Kier alpha value is -3.79. The van der Waals surface area contributed by atoms with Crippen LogP contribution in [0.25, 0.3) is 11.8 Å². The molecule has 0 spiro atoms. The number of nitrogens with one attached hydrogen (secondary N) is 1. The third kappa shape index (κ3) is 4.59. The lowest BCUT2D eigenvalue weighted by atomic mass is 10.1. The number of halogens is 3. The monoisotopic (exact) mass is 437 g/mol. The van der Waals surface area contributed by atoms with E-state index in [-0.39, 0.29) is 11.3 Å². The van der Waals surface area contributed by atoms with Crippen molar-refractivity contribution < 1.29 is 18.0 Å². The first kappa shape index (κ1) is 22.9. The van der Waals surface area contributed by atoms with Crippen LogP contribution in [0.2, 0.25) is 0 Å². The molecule has 0 aliphatic heterocycles.